The molecule has 1 aromatic heterocycles. The minimum absolute atomic E-state index is 0.0204. The lowest BCUT2D eigenvalue weighted by Gasteiger charge is -1.95. The van der Waals surface area contributed by atoms with Crippen molar-refractivity contribution in [1.29, 1.82) is 0 Å². The second kappa shape index (κ2) is 2.85. The van der Waals surface area contributed by atoms with Gasteiger partial charge in [0.15, 0.2) is 0 Å². The van der Waals surface area contributed by atoms with Crippen molar-refractivity contribution in [2.75, 3.05) is 0 Å². The summed E-state index contributed by atoms with van der Waals surface area (Å²) in [4.78, 5) is 0. The maximum Gasteiger partial charge on any atom is 0.134 e. The highest BCUT2D eigenvalue weighted by Gasteiger charge is 2.23. The molecule has 72 valence electrons. The van der Waals surface area contributed by atoms with Crippen molar-refractivity contribution < 1.29 is 9.52 Å². The molecule has 1 aliphatic carbocycles. The van der Waals surface area contributed by atoms with E-state index in [0.717, 1.165) is 16.9 Å². The fourth-order valence-corrected chi connectivity index (χ4v) is 1.87. The molecule has 1 heterocycles. The Morgan fingerprint density at radius 3 is 2.86 bits per heavy atom. The van der Waals surface area contributed by atoms with Gasteiger partial charge in [0, 0.05) is 5.39 Å². The molecule has 0 unspecified atom stereocenters. The Morgan fingerprint density at radius 2 is 2.14 bits per heavy atom. The molecule has 14 heavy (non-hydrogen) atoms. The predicted molar refractivity (Wildman–Crippen MR) is 54.1 cm³/mol. The summed E-state index contributed by atoms with van der Waals surface area (Å²) < 4.78 is 5.42. The van der Waals surface area contributed by atoms with Gasteiger partial charge in [-0.15, -0.1) is 0 Å². The molecule has 2 heteroatoms. The monoisotopic (exact) mass is 188 g/mol. The Bertz CT molecular complexity index is 466. The summed E-state index contributed by atoms with van der Waals surface area (Å²) >= 11 is 0. The lowest BCUT2D eigenvalue weighted by atomic mass is 10.1. The lowest BCUT2D eigenvalue weighted by Crippen LogP contribution is -1.76. The van der Waals surface area contributed by atoms with Gasteiger partial charge < -0.3 is 9.52 Å². The first-order chi connectivity index (χ1) is 6.86. The zero-order valence-corrected chi connectivity index (χ0v) is 7.86. The van der Waals surface area contributed by atoms with Gasteiger partial charge in [0.2, 0.25) is 0 Å². The van der Waals surface area contributed by atoms with E-state index in [0.29, 0.717) is 5.76 Å². The minimum Gasteiger partial charge on any atom is -0.459 e. The van der Waals surface area contributed by atoms with Crippen LogP contribution in [0.1, 0.15) is 30.1 Å². The molecule has 0 spiro atoms. The number of benzene rings is 1. The number of hydrogen-bond acceptors (Lipinski definition) is 2. The Labute approximate surface area is 82.2 Å². The Morgan fingerprint density at radius 1 is 1.29 bits per heavy atom. The molecule has 0 atom stereocenters. The normalized spacial score (nSPS) is 16.4. The van der Waals surface area contributed by atoms with Crippen molar-refractivity contribution in [3.8, 4) is 0 Å². The van der Waals surface area contributed by atoms with Crippen LogP contribution in [0.25, 0.3) is 11.0 Å². The maximum absolute atomic E-state index is 8.94. The van der Waals surface area contributed by atoms with Crippen LogP contribution in [0.3, 0.4) is 0 Å². The van der Waals surface area contributed by atoms with Crippen LogP contribution in [-0.4, -0.2) is 5.11 Å². The quantitative estimate of drug-likeness (QED) is 0.786. The predicted octanol–water partition coefficient (Wildman–Crippen LogP) is 2.80. The Hall–Kier alpha value is -1.28. The highest BCUT2D eigenvalue weighted by molar-refractivity contribution is 5.79. The molecule has 1 saturated carbocycles. The highest BCUT2D eigenvalue weighted by atomic mass is 16.4. The molecule has 0 saturated heterocycles. The van der Waals surface area contributed by atoms with Crippen LogP contribution in [0.15, 0.2) is 28.7 Å². The second-order valence-electron chi connectivity index (χ2n) is 3.94. The molecular formula is C12H12O2. The van der Waals surface area contributed by atoms with Crippen LogP contribution >= 0.6 is 0 Å². The summed E-state index contributed by atoms with van der Waals surface area (Å²) in [7, 11) is 0. The van der Waals surface area contributed by atoms with Crippen LogP contribution in [0.5, 0.6) is 0 Å². The number of rotatable bonds is 2. The zero-order valence-electron chi connectivity index (χ0n) is 7.86. The van der Waals surface area contributed by atoms with Crippen molar-refractivity contribution in [1.82, 2.24) is 0 Å². The van der Waals surface area contributed by atoms with E-state index in [1.165, 1.54) is 18.4 Å². The fourth-order valence-electron chi connectivity index (χ4n) is 1.87. The van der Waals surface area contributed by atoms with Crippen LogP contribution < -0.4 is 0 Å². The molecule has 1 N–H and O–H groups in total. The van der Waals surface area contributed by atoms with E-state index in [9.17, 15) is 0 Å². The van der Waals surface area contributed by atoms with Crippen LogP contribution in [0, 0.1) is 0 Å². The number of fused-ring (bicyclic) bond motifs is 1. The molecular weight excluding hydrogens is 176 g/mol. The summed E-state index contributed by atoms with van der Waals surface area (Å²) in [6.07, 6.45) is 2.63. The van der Waals surface area contributed by atoms with E-state index in [1.807, 2.05) is 12.1 Å². The lowest BCUT2D eigenvalue weighted by molar-refractivity contribution is 0.251. The van der Waals surface area contributed by atoms with Gasteiger partial charge in [0.05, 0.1) is 0 Å². The fraction of sp³-hybridized carbons (Fsp3) is 0.333. The molecule has 2 nitrogen and oxygen atoms in total. The Kier molecular flexibility index (Phi) is 1.64. The van der Waals surface area contributed by atoms with Gasteiger partial charge in [-0.25, -0.2) is 0 Å². The Balaban J connectivity index is 2.12. The number of hydrogen-bond donors (Lipinski definition) is 1. The van der Waals surface area contributed by atoms with E-state index in [2.05, 4.69) is 12.1 Å². The van der Waals surface area contributed by atoms with Gasteiger partial charge in [0.25, 0.3) is 0 Å². The SMILES string of the molecule is OCc1cc2cc(C3CC3)ccc2o1. The summed E-state index contributed by atoms with van der Waals surface area (Å²) in [5.41, 5.74) is 2.28. The molecule has 0 bridgehead atoms. The third-order valence-electron chi connectivity index (χ3n) is 2.80. The van der Waals surface area contributed by atoms with Crippen molar-refractivity contribution in [3.05, 3.63) is 35.6 Å². The molecule has 0 aliphatic heterocycles. The van der Waals surface area contributed by atoms with Gasteiger partial charge in [-0.05, 0) is 42.5 Å². The molecule has 1 fully saturated rings. The smallest absolute Gasteiger partial charge is 0.134 e. The first kappa shape index (κ1) is 8.06. The standard InChI is InChI=1S/C12H12O2/c13-7-11-6-10-5-9(8-1-2-8)3-4-12(10)14-11/h3-6,8,13H,1-2,7H2. The largest absolute Gasteiger partial charge is 0.459 e. The van der Waals surface area contributed by atoms with Crippen molar-refractivity contribution >= 4 is 11.0 Å². The average molecular weight is 188 g/mol. The maximum atomic E-state index is 8.94. The first-order valence-electron chi connectivity index (χ1n) is 5.00. The molecule has 3 rings (SSSR count). The van der Waals surface area contributed by atoms with E-state index >= 15 is 0 Å². The summed E-state index contributed by atoms with van der Waals surface area (Å²) in [5.74, 6) is 1.42. The number of aliphatic hydroxyl groups excluding tert-OH is 1. The van der Waals surface area contributed by atoms with E-state index in [4.69, 9.17) is 9.52 Å². The topological polar surface area (TPSA) is 33.4 Å². The van der Waals surface area contributed by atoms with Gasteiger partial charge in [-0.2, -0.15) is 0 Å². The van der Waals surface area contributed by atoms with Gasteiger partial charge in [0.1, 0.15) is 18.0 Å². The summed E-state index contributed by atoms with van der Waals surface area (Å²) in [5, 5.41) is 10.0. The van der Waals surface area contributed by atoms with E-state index < -0.39 is 0 Å². The van der Waals surface area contributed by atoms with Gasteiger partial charge in [-0.3, -0.25) is 0 Å². The molecule has 1 aromatic carbocycles. The third-order valence-corrected chi connectivity index (χ3v) is 2.80. The molecule has 2 aromatic rings. The second-order valence-corrected chi connectivity index (χ2v) is 3.94. The third kappa shape index (κ3) is 1.23. The van der Waals surface area contributed by atoms with Crippen LogP contribution in [-0.2, 0) is 6.61 Å². The number of aliphatic hydroxyl groups is 1. The van der Waals surface area contributed by atoms with Gasteiger partial charge in [-0.1, -0.05) is 6.07 Å². The van der Waals surface area contributed by atoms with Crippen molar-refractivity contribution in [2.45, 2.75) is 25.4 Å². The van der Waals surface area contributed by atoms with Crippen LogP contribution in [0.2, 0.25) is 0 Å². The first-order valence-corrected chi connectivity index (χ1v) is 5.00. The van der Waals surface area contributed by atoms with Crippen molar-refractivity contribution in [2.24, 2.45) is 0 Å². The molecule has 1 aliphatic rings. The van der Waals surface area contributed by atoms with Crippen LogP contribution in [0.4, 0.5) is 0 Å². The van der Waals surface area contributed by atoms with E-state index in [-0.39, 0.29) is 6.61 Å². The number of furan rings is 1. The minimum atomic E-state index is -0.0204. The molecule has 0 radical (unpaired) electrons. The van der Waals surface area contributed by atoms with Crippen molar-refractivity contribution in [3.63, 3.8) is 0 Å². The van der Waals surface area contributed by atoms with Gasteiger partial charge >= 0.3 is 0 Å². The summed E-state index contributed by atoms with van der Waals surface area (Å²) in [6.45, 7) is -0.0204. The highest BCUT2D eigenvalue weighted by Crippen LogP contribution is 2.41. The zero-order chi connectivity index (χ0) is 9.54. The van der Waals surface area contributed by atoms with E-state index in [1.54, 1.807) is 0 Å². The summed E-state index contributed by atoms with van der Waals surface area (Å²) in [6, 6.07) is 8.23. The molecule has 0 amide bonds. The average Bonchev–Trinajstić information content (AvgIpc) is 2.97.